The molecule has 1 aliphatic rings. The molecule has 0 heterocycles. The molecule has 2 N–H and O–H groups in total. The van der Waals surface area contributed by atoms with E-state index in [1.165, 1.54) is 0 Å². The zero-order valence-electron chi connectivity index (χ0n) is 13.4. The van der Waals surface area contributed by atoms with Gasteiger partial charge < -0.3 is 10.6 Å². The third kappa shape index (κ3) is 5.24. The number of carbonyl (C=O) groups is 1. The number of hydrogen-bond donors (Lipinski definition) is 2. The zero-order valence-corrected chi connectivity index (χ0v) is 14.9. The molecule has 0 radical (unpaired) electrons. The molecule has 5 nitrogen and oxygen atoms in total. The van der Waals surface area contributed by atoms with Gasteiger partial charge in [-0.3, -0.25) is 0 Å². The van der Waals surface area contributed by atoms with Gasteiger partial charge in [0.05, 0.1) is 16.5 Å². The Morgan fingerprint density at radius 3 is 2.48 bits per heavy atom. The summed E-state index contributed by atoms with van der Waals surface area (Å²) in [5, 5.41) is 3.91. The van der Waals surface area contributed by atoms with Gasteiger partial charge in [0.25, 0.3) is 0 Å². The highest BCUT2D eigenvalue weighted by molar-refractivity contribution is 7.91. The molecule has 25 heavy (non-hydrogen) atoms. The second-order valence-corrected chi connectivity index (χ2v) is 8.75. The molecule has 0 unspecified atom stereocenters. The maximum Gasteiger partial charge on any atom is 0.418 e. The second-order valence-electron chi connectivity index (χ2n) is 6.05. The SMILES string of the molecule is CS(=O)(=O)[C@@H]1CCCC[C@H]1NC(=O)Nc1cc(Cl)ccc1C(F)(F)F. The monoisotopic (exact) mass is 398 g/mol. The normalized spacial score (nSPS) is 21.6. The number of rotatable bonds is 3. The van der Waals surface area contributed by atoms with Crippen LogP contribution in [0, 0.1) is 0 Å². The lowest BCUT2D eigenvalue weighted by atomic mass is 9.95. The first-order valence-corrected chi connectivity index (χ1v) is 9.95. The fraction of sp³-hybridized carbons (Fsp3) is 0.533. The highest BCUT2D eigenvalue weighted by atomic mass is 35.5. The maximum absolute atomic E-state index is 13.0. The van der Waals surface area contributed by atoms with Gasteiger partial charge in [-0.25, -0.2) is 13.2 Å². The number of benzene rings is 1. The minimum atomic E-state index is -4.66. The molecular formula is C15H18ClF3N2O3S. The number of alkyl halides is 3. The quantitative estimate of drug-likeness (QED) is 0.812. The highest BCUT2D eigenvalue weighted by Crippen LogP contribution is 2.36. The standard InChI is InChI=1S/C15H18ClF3N2O3S/c1-25(23,24)13-5-3-2-4-11(13)20-14(22)21-12-8-9(16)6-7-10(12)15(17,18)19/h6-8,11,13H,2-5H2,1H3,(H2,20,21,22)/t11-,13-/m1/s1. The number of anilines is 1. The third-order valence-corrected chi connectivity index (χ3v) is 6.00. The van der Waals surface area contributed by atoms with E-state index in [4.69, 9.17) is 11.6 Å². The molecule has 2 rings (SSSR count). The van der Waals surface area contributed by atoms with Crippen molar-refractivity contribution in [3.05, 3.63) is 28.8 Å². The van der Waals surface area contributed by atoms with Gasteiger partial charge in [0.2, 0.25) is 0 Å². The lowest BCUT2D eigenvalue weighted by molar-refractivity contribution is -0.136. The molecule has 140 valence electrons. The number of carbonyl (C=O) groups excluding carboxylic acids is 1. The summed E-state index contributed by atoms with van der Waals surface area (Å²) >= 11 is 5.71. The van der Waals surface area contributed by atoms with Crippen LogP contribution in [0.5, 0.6) is 0 Å². The van der Waals surface area contributed by atoms with Gasteiger partial charge in [-0.2, -0.15) is 13.2 Å². The fourth-order valence-corrected chi connectivity index (χ4v) is 4.54. The molecule has 0 bridgehead atoms. The molecule has 0 saturated heterocycles. The predicted octanol–water partition coefficient (Wildman–Crippen LogP) is 3.84. The molecule has 1 fully saturated rings. The van der Waals surface area contributed by atoms with E-state index in [-0.39, 0.29) is 5.02 Å². The predicted molar refractivity (Wildman–Crippen MR) is 89.5 cm³/mol. The first kappa shape index (κ1) is 19.8. The summed E-state index contributed by atoms with van der Waals surface area (Å²) in [7, 11) is -3.38. The van der Waals surface area contributed by atoms with Crippen molar-refractivity contribution in [2.24, 2.45) is 0 Å². The fourth-order valence-electron chi connectivity index (χ4n) is 2.97. The van der Waals surface area contributed by atoms with Crippen LogP contribution in [-0.4, -0.2) is 32.0 Å². The third-order valence-electron chi connectivity index (χ3n) is 4.10. The van der Waals surface area contributed by atoms with Crippen molar-refractivity contribution in [2.45, 2.75) is 43.2 Å². The van der Waals surface area contributed by atoms with Crippen molar-refractivity contribution < 1.29 is 26.4 Å². The summed E-state index contributed by atoms with van der Waals surface area (Å²) in [6.45, 7) is 0. The maximum atomic E-state index is 13.0. The molecule has 0 aromatic heterocycles. The summed E-state index contributed by atoms with van der Waals surface area (Å²) in [4.78, 5) is 12.1. The van der Waals surface area contributed by atoms with Gasteiger partial charge in [0.1, 0.15) is 0 Å². The van der Waals surface area contributed by atoms with E-state index < -0.39 is 44.6 Å². The lowest BCUT2D eigenvalue weighted by Crippen LogP contribution is -2.49. The molecule has 0 spiro atoms. The van der Waals surface area contributed by atoms with Gasteiger partial charge in [-0.05, 0) is 31.0 Å². The summed E-state index contributed by atoms with van der Waals surface area (Å²) < 4.78 is 62.7. The van der Waals surface area contributed by atoms with E-state index in [0.717, 1.165) is 37.3 Å². The summed E-state index contributed by atoms with van der Waals surface area (Å²) in [6.07, 6.45) is -1.24. The Morgan fingerprint density at radius 1 is 1.24 bits per heavy atom. The summed E-state index contributed by atoms with van der Waals surface area (Å²) in [6, 6.07) is 1.32. The van der Waals surface area contributed by atoms with E-state index in [0.29, 0.717) is 12.8 Å². The number of urea groups is 1. The molecule has 1 saturated carbocycles. The Balaban J connectivity index is 2.16. The average molecular weight is 399 g/mol. The van der Waals surface area contributed by atoms with E-state index in [1.807, 2.05) is 0 Å². The first-order valence-electron chi connectivity index (χ1n) is 7.61. The van der Waals surface area contributed by atoms with Gasteiger partial charge in [0.15, 0.2) is 9.84 Å². The van der Waals surface area contributed by atoms with Gasteiger partial charge >= 0.3 is 12.2 Å². The van der Waals surface area contributed by atoms with Gasteiger partial charge in [-0.15, -0.1) is 0 Å². The van der Waals surface area contributed by atoms with Crippen LogP contribution in [0.15, 0.2) is 18.2 Å². The van der Waals surface area contributed by atoms with E-state index >= 15 is 0 Å². The second kappa shape index (κ2) is 7.41. The van der Waals surface area contributed by atoms with Crippen molar-refractivity contribution in [3.8, 4) is 0 Å². The molecule has 2 amide bonds. The van der Waals surface area contributed by atoms with E-state index in [9.17, 15) is 26.4 Å². The number of halogens is 4. The van der Waals surface area contributed by atoms with Crippen molar-refractivity contribution in [1.29, 1.82) is 0 Å². The molecular weight excluding hydrogens is 381 g/mol. The number of nitrogens with one attached hydrogen (secondary N) is 2. The van der Waals surface area contributed by atoms with Crippen LogP contribution in [0.3, 0.4) is 0 Å². The molecule has 1 aliphatic carbocycles. The summed E-state index contributed by atoms with van der Waals surface area (Å²) in [5.74, 6) is 0. The smallest absolute Gasteiger partial charge is 0.334 e. The molecule has 2 atom stereocenters. The Hall–Kier alpha value is -1.48. The van der Waals surface area contributed by atoms with Crippen molar-refractivity contribution in [2.75, 3.05) is 11.6 Å². The van der Waals surface area contributed by atoms with Crippen molar-refractivity contribution >= 4 is 33.2 Å². The van der Waals surface area contributed by atoms with Crippen molar-refractivity contribution in [3.63, 3.8) is 0 Å². The number of hydrogen-bond acceptors (Lipinski definition) is 3. The van der Waals surface area contributed by atoms with Gasteiger partial charge in [0, 0.05) is 17.3 Å². The Labute approximate surface area is 148 Å². The Morgan fingerprint density at radius 2 is 1.88 bits per heavy atom. The van der Waals surface area contributed by atoms with Crippen LogP contribution >= 0.6 is 11.6 Å². The molecule has 10 heteroatoms. The first-order chi connectivity index (χ1) is 11.5. The molecule has 0 aliphatic heterocycles. The van der Waals surface area contributed by atoms with E-state index in [1.54, 1.807) is 0 Å². The highest BCUT2D eigenvalue weighted by Gasteiger charge is 2.36. The van der Waals surface area contributed by atoms with Crippen LogP contribution in [0.4, 0.5) is 23.7 Å². The van der Waals surface area contributed by atoms with Crippen LogP contribution in [0.2, 0.25) is 5.02 Å². The molecule has 1 aromatic rings. The van der Waals surface area contributed by atoms with Crippen LogP contribution in [-0.2, 0) is 16.0 Å². The van der Waals surface area contributed by atoms with Gasteiger partial charge in [-0.1, -0.05) is 24.4 Å². The average Bonchev–Trinajstić information content (AvgIpc) is 2.45. The molecule has 1 aromatic carbocycles. The van der Waals surface area contributed by atoms with E-state index in [2.05, 4.69) is 10.6 Å². The van der Waals surface area contributed by atoms with Crippen LogP contribution in [0.25, 0.3) is 0 Å². The number of amides is 2. The topological polar surface area (TPSA) is 75.3 Å². The number of sulfone groups is 1. The van der Waals surface area contributed by atoms with Crippen molar-refractivity contribution in [1.82, 2.24) is 5.32 Å². The Kier molecular flexibility index (Phi) is 5.88. The van der Waals surface area contributed by atoms with Crippen LogP contribution in [0.1, 0.15) is 31.2 Å². The Bertz CT molecular complexity index is 753. The van der Waals surface area contributed by atoms with Crippen LogP contribution < -0.4 is 10.6 Å². The zero-order chi connectivity index (χ0) is 18.8. The summed E-state index contributed by atoms with van der Waals surface area (Å²) in [5.41, 5.74) is -1.51. The lowest BCUT2D eigenvalue weighted by Gasteiger charge is -2.30. The largest absolute Gasteiger partial charge is 0.418 e. The minimum absolute atomic E-state index is 0.0370. The minimum Gasteiger partial charge on any atom is -0.334 e.